The van der Waals surface area contributed by atoms with Crippen LogP contribution in [0.4, 0.5) is 4.79 Å². The molecule has 5 nitrogen and oxygen atoms in total. The topological polar surface area (TPSA) is 72.4 Å². The Kier molecular flexibility index (Phi) is 9.64. The molecule has 0 atom stereocenters. The van der Waals surface area contributed by atoms with E-state index in [9.17, 15) is 5.11 Å². The van der Waals surface area contributed by atoms with Crippen molar-refractivity contribution in [2.24, 2.45) is 0 Å². The zero-order chi connectivity index (χ0) is 13.5. The van der Waals surface area contributed by atoms with Gasteiger partial charge < -0.3 is 24.8 Å². The lowest BCUT2D eigenvalue weighted by atomic mass is 10.2. The van der Waals surface area contributed by atoms with Crippen molar-refractivity contribution in [2.75, 3.05) is 28.2 Å². The van der Waals surface area contributed by atoms with Crippen LogP contribution >= 0.6 is 24.0 Å². The first kappa shape index (κ1) is 19.3. The van der Waals surface area contributed by atoms with E-state index in [0.29, 0.717) is 5.75 Å². The van der Waals surface area contributed by atoms with Crippen LogP contribution in [0, 0.1) is 0 Å². The molecule has 6 heteroatoms. The van der Waals surface area contributed by atoms with Crippen molar-refractivity contribution in [1.29, 1.82) is 0 Å². The second-order valence-electron chi connectivity index (χ2n) is 4.61. The van der Waals surface area contributed by atoms with Gasteiger partial charge in [-0.2, -0.15) is 0 Å². The highest BCUT2D eigenvalue weighted by molar-refractivity contribution is 14.0. The number of quaternary nitrogens is 1. The fraction of sp³-hybridized carbons (Fsp3) is 0.417. The number of aromatic hydroxyl groups is 1. The molecule has 1 amide bonds. The summed E-state index contributed by atoms with van der Waals surface area (Å²) >= 11 is 0. The third kappa shape index (κ3) is 10.2. The van der Waals surface area contributed by atoms with Gasteiger partial charge in [0.2, 0.25) is 0 Å². The van der Waals surface area contributed by atoms with Crippen LogP contribution in [0.15, 0.2) is 24.3 Å². The Bertz CT molecular complexity index is 365. The lowest BCUT2D eigenvalue weighted by molar-refractivity contribution is -0.884. The van der Waals surface area contributed by atoms with Gasteiger partial charge >= 0.3 is 0 Å². The summed E-state index contributed by atoms with van der Waals surface area (Å²) in [6.07, 6.45) is -1.25. The molecule has 1 aromatic carbocycles. The molecule has 0 unspecified atom stereocenters. The highest BCUT2D eigenvalue weighted by Gasteiger charge is 2.10. The molecule has 0 aliphatic heterocycles. The van der Waals surface area contributed by atoms with Crippen LogP contribution in [-0.2, 0) is 6.54 Å². The minimum atomic E-state index is -1.25. The number of phenolic OH excluding ortho intramolecular Hbond substituents is 1. The zero-order valence-corrected chi connectivity index (χ0v) is 13.5. The number of benzene rings is 1. The number of nitrogens with zero attached hydrogens (tertiary/aromatic N) is 1. The first-order valence-corrected chi connectivity index (χ1v) is 5.22. The zero-order valence-electron chi connectivity index (χ0n) is 11.1. The molecule has 0 bridgehead atoms. The second-order valence-corrected chi connectivity index (χ2v) is 4.61. The third-order valence-electron chi connectivity index (χ3n) is 1.84. The molecule has 0 spiro atoms. The van der Waals surface area contributed by atoms with Crippen LogP contribution in [0.2, 0.25) is 0 Å². The van der Waals surface area contributed by atoms with Gasteiger partial charge in [-0.1, -0.05) is 12.1 Å². The maximum Gasteiger partial charge on any atom is 0.133 e. The molecule has 0 fully saturated rings. The Labute approximate surface area is 125 Å². The third-order valence-corrected chi connectivity index (χ3v) is 1.84. The molecule has 1 rings (SSSR count). The predicted molar refractivity (Wildman–Crippen MR) is 79.7 cm³/mol. The van der Waals surface area contributed by atoms with E-state index in [2.05, 4.69) is 21.1 Å². The van der Waals surface area contributed by atoms with Crippen molar-refractivity contribution in [3.8, 4) is 5.75 Å². The molecule has 18 heavy (non-hydrogen) atoms. The summed E-state index contributed by atoms with van der Waals surface area (Å²) in [5.74, 6) is 0.394. The van der Waals surface area contributed by atoms with E-state index in [-0.39, 0.29) is 24.0 Å². The normalized spacial score (nSPS) is 9.56. The van der Waals surface area contributed by atoms with Crippen LogP contribution in [0.5, 0.6) is 5.75 Å². The van der Waals surface area contributed by atoms with Crippen molar-refractivity contribution >= 4 is 30.1 Å². The molecule has 0 aromatic heterocycles. The SMILES string of the molecule is CNC(=O)[O-].C[N+](C)(C)Cc1ccccc1O.I. The van der Waals surface area contributed by atoms with Gasteiger partial charge in [-0.3, -0.25) is 0 Å². The van der Waals surface area contributed by atoms with E-state index in [0.717, 1.165) is 16.6 Å². The van der Waals surface area contributed by atoms with Crippen LogP contribution in [0.3, 0.4) is 0 Å². The fourth-order valence-electron chi connectivity index (χ4n) is 1.16. The van der Waals surface area contributed by atoms with Crippen LogP contribution < -0.4 is 10.4 Å². The standard InChI is InChI=1S/C10H15NO.C2H5NO2.HI/c1-11(2,3)8-9-6-4-5-7-10(9)12;1-3-2(4)5;/h4-7H,8H2,1-3H3;3H,1H3,(H,4,5);1H. The smallest absolute Gasteiger partial charge is 0.133 e. The van der Waals surface area contributed by atoms with Gasteiger partial charge in [-0.15, -0.1) is 24.0 Å². The number of para-hydroxylation sites is 1. The molecule has 2 N–H and O–H groups in total. The summed E-state index contributed by atoms with van der Waals surface area (Å²) in [4.78, 5) is 9.15. The van der Waals surface area contributed by atoms with E-state index >= 15 is 0 Å². The first-order valence-electron chi connectivity index (χ1n) is 5.22. The Morgan fingerprint density at radius 3 is 2.11 bits per heavy atom. The Morgan fingerprint density at radius 2 is 1.78 bits per heavy atom. The quantitative estimate of drug-likeness (QED) is 0.598. The number of carbonyl (C=O) groups is 1. The molecular weight excluding hydrogens is 347 g/mol. The molecule has 0 aliphatic carbocycles. The minimum absolute atomic E-state index is 0. The Morgan fingerprint density at radius 1 is 1.33 bits per heavy atom. The molecule has 0 aliphatic rings. The van der Waals surface area contributed by atoms with E-state index in [1.807, 2.05) is 23.5 Å². The number of hydrogen-bond acceptors (Lipinski definition) is 3. The number of rotatable bonds is 2. The number of phenols is 1. The Balaban J connectivity index is 0. The van der Waals surface area contributed by atoms with Crippen molar-refractivity contribution in [3.05, 3.63) is 29.8 Å². The Hall–Kier alpha value is -1.02. The highest BCUT2D eigenvalue weighted by Crippen LogP contribution is 2.18. The molecular formula is C12H21IN2O3. The van der Waals surface area contributed by atoms with Gasteiger partial charge in [-0.25, -0.2) is 0 Å². The van der Waals surface area contributed by atoms with E-state index in [1.165, 1.54) is 7.05 Å². The van der Waals surface area contributed by atoms with Crippen molar-refractivity contribution in [1.82, 2.24) is 5.32 Å². The number of amides is 1. The van der Waals surface area contributed by atoms with E-state index in [1.54, 1.807) is 6.07 Å². The second kappa shape index (κ2) is 8.98. The molecule has 104 valence electrons. The monoisotopic (exact) mass is 368 g/mol. The summed E-state index contributed by atoms with van der Waals surface area (Å²) in [6, 6.07) is 7.48. The molecule has 0 heterocycles. The van der Waals surface area contributed by atoms with Crippen molar-refractivity contribution in [3.63, 3.8) is 0 Å². The van der Waals surface area contributed by atoms with Gasteiger partial charge in [0.1, 0.15) is 18.4 Å². The molecule has 1 aromatic rings. The van der Waals surface area contributed by atoms with E-state index in [4.69, 9.17) is 9.90 Å². The largest absolute Gasteiger partial charge is 0.530 e. The number of carbonyl (C=O) groups excluding carboxylic acids is 1. The van der Waals surface area contributed by atoms with Gasteiger partial charge in [0, 0.05) is 12.6 Å². The fourth-order valence-corrected chi connectivity index (χ4v) is 1.16. The summed E-state index contributed by atoms with van der Waals surface area (Å²) in [7, 11) is 7.60. The summed E-state index contributed by atoms with van der Waals surface area (Å²) in [5, 5.41) is 20.4. The van der Waals surface area contributed by atoms with Crippen LogP contribution in [-0.4, -0.2) is 43.9 Å². The van der Waals surface area contributed by atoms with Gasteiger partial charge in [0.15, 0.2) is 0 Å². The van der Waals surface area contributed by atoms with E-state index < -0.39 is 6.09 Å². The van der Waals surface area contributed by atoms with Gasteiger partial charge in [-0.05, 0) is 12.1 Å². The average molecular weight is 368 g/mol. The van der Waals surface area contributed by atoms with Crippen LogP contribution in [0.25, 0.3) is 0 Å². The summed E-state index contributed by atoms with van der Waals surface area (Å²) in [5.41, 5.74) is 1.00. The number of halogens is 1. The number of nitrogens with one attached hydrogen (secondary N) is 1. The summed E-state index contributed by atoms with van der Waals surface area (Å²) in [6.45, 7) is 0.854. The first-order chi connectivity index (χ1) is 7.76. The van der Waals surface area contributed by atoms with Crippen LogP contribution in [0.1, 0.15) is 5.56 Å². The van der Waals surface area contributed by atoms with Gasteiger partial charge in [0.05, 0.1) is 21.1 Å². The lowest BCUT2D eigenvalue weighted by Gasteiger charge is -2.24. The van der Waals surface area contributed by atoms with Crippen molar-refractivity contribution in [2.45, 2.75) is 6.54 Å². The van der Waals surface area contributed by atoms with Crippen molar-refractivity contribution < 1.29 is 19.5 Å². The van der Waals surface area contributed by atoms with Gasteiger partial charge in [0.25, 0.3) is 0 Å². The molecule has 0 saturated heterocycles. The maximum atomic E-state index is 9.46. The number of hydrogen-bond donors (Lipinski definition) is 2. The maximum absolute atomic E-state index is 9.46. The molecule has 0 radical (unpaired) electrons. The average Bonchev–Trinajstić information content (AvgIpc) is 2.20. The minimum Gasteiger partial charge on any atom is -0.530 e. The number of carboxylic acid groups (broad SMARTS) is 1. The predicted octanol–water partition coefficient (Wildman–Crippen LogP) is 0.766. The summed E-state index contributed by atoms with van der Waals surface area (Å²) < 4.78 is 0.831. The molecule has 0 saturated carbocycles. The highest BCUT2D eigenvalue weighted by atomic mass is 127. The lowest BCUT2D eigenvalue weighted by Crippen LogP contribution is -2.33.